The Bertz CT molecular complexity index is 570. The number of nitrogens with zero attached hydrogens (tertiary/aromatic N) is 2. The number of nitrogens with one attached hydrogen (secondary N) is 1. The van der Waals surface area contributed by atoms with Crippen LogP contribution in [0.4, 0.5) is 0 Å². The van der Waals surface area contributed by atoms with E-state index in [0.29, 0.717) is 12.8 Å². The molecule has 2 rings (SSSR count). The highest BCUT2D eigenvalue weighted by molar-refractivity contribution is 5.05. The van der Waals surface area contributed by atoms with Crippen LogP contribution in [0.3, 0.4) is 0 Å². The first-order valence-corrected chi connectivity index (χ1v) is 5.12. The quantitative estimate of drug-likeness (QED) is 0.693. The first-order chi connectivity index (χ1) is 8.10. The number of nitriles is 1. The molecule has 1 saturated heterocycles. The van der Waals surface area contributed by atoms with Crippen molar-refractivity contribution in [3.63, 3.8) is 0 Å². The largest absolute Gasteiger partial charge is 0.392 e. The lowest BCUT2D eigenvalue weighted by atomic mass is 10.0. The normalized spacial score (nSPS) is 27.9. The van der Waals surface area contributed by atoms with Crippen molar-refractivity contribution < 1.29 is 9.84 Å². The standard InChI is InChI=1S/C10H11N3O4/c11-5-10(6-14)3-1-8(17-10)13-4-2-7(15)12-9(13)16/h2,4,8,14H,1,3,6H2,(H,12,15,16)/t8-,10-/m0/s1. The van der Waals surface area contributed by atoms with E-state index >= 15 is 0 Å². The number of hydrogen-bond donors (Lipinski definition) is 2. The third kappa shape index (κ3) is 2.00. The van der Waals surface area contributed by atoms with Gasteiger partial charge in [-0.05, 0) is 12.8 Å². The number of aromatic nitrogens is 2. The summed E-state index contributed by atoms with van der Waals surface area (Å²) >= 11 is 0. The lowest BCUT2D eigenvalue weighted by molar-refractivity contribution is -0.0661. The second-order valence-electron chi connectivity index (χ2n) is 3.89. The van der Waals surface area contributed by atoms with Crippen LogP contribution in [0.25, 0.3) is 0 Å². The Labute approximate surface area is 95.9 Å². The van der Waals surface area contributed by atoms with Crippen molar-refractivity contribution in [2.24, 2.45) is 0 Å². The highest BCUT2D eigenvalue weighted by Crippen LogP contribution is 2.34. The van der Waals surface area contributed by atoms with Gasteiger partial charge in [-0.15, -0.1) is 0 Å². The average Bonchev–Trinajstić information content (AvgIpc) is 2.74. The molecule has 1 fully saturated rings. The zero-order valence-corrected chi connectivity index (χ0v) is 8.92. The second kappa shape index (κ2) is 4.16. The summed E-state index contributed by atoms with van der Waals surface area (Å²) in [5, 5.41) is 18.0. The maximum atomic E-state index is 11.5. The number of aromatic amines is 1. The summed E-state index contributed by atoms with van der Waals surface area (Å²) in [5.41, 5.74) is -2.33. The maximum absolute atomic E-state index is 11.5. The molecule has 2 atom stereocenters. The molecule has 2 heterocycles. The van der Waals surface area contributed by atoms with E-state index in [0.717, 1.165) is 0 Å². The van der Waals surface area contributed by atoms with Crippen LogP contribution in [0.1, 0.15) is 19.1 Å². The highest BCUT2D eigenvalue weighted by Gasteiger charge is 2.41. The van der Waals surface area contributed by atoms with Crippen molar-refractivity contribution in [3.05, 3.63) is 33.1 Å². The first kappa shape index (κ1) is 11.6. The van der Waals surface area contributed by atoms with Gasteiger partial charge in [-0.25, -0.2) is 4.79 Å². The van der Waals surface area contributed by atoms with Crippen LogP contribution in [0, 0.1) is 11.3 Å². The fourth-order valence-corrected chi connectivity index (χ4v) is 1.82. The summed E-state index contributed by atoms with van der Waals surface area (Å²) in [6.45, 7) is -0.419. The molecule has 0 bridgehead atoms. The van der Waals surface area contributed by atoms with Gasteiger partial charge in [-0.3, -0.25) is 14.3 Å². The highest BCUT2D eigenvalue weighted by atomic mass is 16.5. The lowest BCUT2D eigenvalue weighted by Crippen LogP contribution is -2.35. The lowest BCUT2D eigenvalue weighted by Gasteiger charge is -2.19. The molecular weight excluding hydrogens is 226 g/mol. The molecule has 2 N–H and O–H groups in total. The van der Waals surface area contributed by atoms with Crippen LogP contribution in [-0.2, 0) is 4.74 Å². The van der Waals surface area contributed by atoms with Crippen LogP contribution >= 0.6 is 0 Å². The van der Waals surface area contributed by atoms with Gasteiger partial charge in [0.1, 0.15) is 12.3 Å². The van der Waals surface area contributed by atoms with Crippen LogP contribution < -0.4 is 11.2 Å². The molecule has 0 aromatic carbocycles. The van der Waals surface area contributed by atoms with Crippen molar-refractivity contribution in [2.45, 2.75) is 24.7 Å². The molecule has 7 heteroatoms. The van der Waals surface area contributed by atoms with Crippen LogP contribution in [0.15, 0.2) is 21.9 Å². The monoisotopic (exact) mass is 237 g/mol. The summed E-state index contributed by atoms with van der Waals surface area (Å²) < 4.78 is 6.59. The van der Waals surface area contributed by atoms with Gasteiger partial charge in [0, 0.05) is 12.3 Å². The van der Waals surface area contributed by atoms with Gasteiger partial charge in [-0.1, -0.05) is 0 Å². The number of ether oxygens (including phenoxy) is 1. The van der Waals surface area contributed by atoms with E-state index in [1.807, 2.05) is 6.07 Å². The number of rotatable bonds is 2. The Morgan fingerprint density at radius 2 is 2.47 bits per heavy atom. The van der Waals surface area contributed by atoms with Gasteiger partial charge in [0.2, 0.25) is 0 Å². The molecule has 0 unspecified atom stereocenters. The van der Waals surface area contributed by atoms with E-state index in [-0.39, 0.29) is 0 Å². The predicted octanol–water partition coefficient (Wildman–Crippen LogP) is -0.900. The van der Waals surface area contributed by atoms with Gasteiger partial charge in [0.25, 0.3) is 5.56 Å². The van der Waals surface area contributed by atoms with Crippen LogP contribution in [0.2, 0.25) is 0 Å². The number of aliphatic hydroxyl groups excluding tert-OH is 1. The average molecular weight is 237 g/mol. The maximum Gasteiger partial charge on any atom is 0.330 e. The van der Waals surface area contributed by atoms with Crippen LogP contribution in [-0.4, -0.2) is 26.9 Å². The smallest absolute Gasteiger partial charge is 0.330 e. The molecule has 1 aliphatic rings. The zero-order valence-electron chi connectivity index (χ0n) is 8.92. The number of hydrogen-bond acceptors (Lipinski definition) is 5. The van der Waals surface area contributed by atoms with Crippen molar-refractivity contribution in [1.29, 1.82) is 5.26 Å². The third-order valence-corrected chi connectivity index (χ3v) is 2.78. The third-order valence-electron chi connectivity index (χ3n) is 2.78. The van der Waals surface area contributed by atoms with Gasteiger partial charge < -0.3 is 9.84 Å². The molecule has 7 nitrogen and oxygen atoms in total. The summed E-state index contributed by atoms with van der Waals surface area (Å²) in [6.07, 6.45) is 1.46. The van der Waals surface area contributed by atoms with Crippen molar-refractivity contribution >= 4 is 0 Å². The van der Waals surface area contributed by atoms with E-state index < -0.39 is 29.7 Å². The topological polar surface area (TPSA) is 108 Å². The van der Waals surface area contributed by atoms with E-state index in [1.165, 1.54) is 16.8 Å². The summed E-state index contributed by atoms with van der Waals surface area (Å²) in [4.78, 5) is 24.5. The van der Waals surface area contributed by atoms with Gasteiger partial charge >= 0.3 is 5.69 Å². The molecule has 1 aromatic rings. The fourth-order valence-electron chi connectivity index (χ4n) is 1.82. The van der Waals surface area contributed by atoms with Crippen molar-refractivity contribution in [1.82, 2.24) is 9.55 Å². The van der Waals surface area contributed by atoms with Crippen molar-refractivity contribution in [3.8, 4) is 6.07 Å². The van der Waals surface area contributed by atoms with E-state index in [9.17, 15) is 9.59 Å². The molecule has 0 amide bonds. The van der Waals surface area contributed by atoms with E-state index in [1.54, 1.807) is 0 Å². The van der Waals surface area contributed by atoms with Crippen molar-refractivity contribution in [2.75, 3.05) is 6.61 Å². The second-order valence-corrected chi connectivity index (χ2v) is 3.89. The summed E-state index contributed by atoms with van der Waals surface area (Å²) in [6, 6.07) is 3.10. The Morgan fingerprint density at radius 1 is 1.71 bits per heavy atom. The molecule has 0 radical (unpaired) electrons. The van der Waals surface area contributed by atoms with Crippen LogP contribution in [0.5, 0.6) is 0 Å². The predicted molar refractivity (Wildman–Crippen MR) is 56.1 cm³/mol. The van der Waals surface area contributed by atoms with Gasteiger partial charge in [0.15, 0.2) is 5.60 Å². The van der Waals surface area contributed by atoms with E-state index in [4.69, 9.17) is 15.1 Å². The Balaban J connectivity index is 2.30. The fraction of sp³-hybridized carbons (Fsp3) is 0.500. The van der Waals surface area contributed by atoms with Gasteiger partial charge in [0.05, 0.1) is 6.61 Å². The molecule has 1 aromatic heterocycles. The first-order valence-electron chi connectivity index (χ1n) is 5.12. The minimum absolute atomic E-state index is 0.343. The number of aliphatic hydroxyl groups is 1. The van der Waals surface area contributed by atoms with Gasteiger partial charge in [-0.2, -0.15) is 5.26 Å². The molecule has 0 saturated carbocycles. The Hall–Kier alpha value is -1.91. The number of H-pyrrole nitrogens is 1. The SMILES string of the molecule is N#C[C@]1(CO)CC[C@@H](n2ccc(=O)[nH]c2=O)O1. The molecule has 0 spiro atoms. The van der Waals surface area contributed by atoms with E-state index in [2.05, 4.69) is 4.98 Å². The zero-order chi connectivity index (χ0) is 12.5. The molecule has 1 aliphatic heterocycles. The molecule has 17 heavy (non-hydrogen) atoms. The Morgan fingerprint density at radius 3 is 3.00 bits per heavy atom. The molecule has 90 valence electrons. The summed E-state index contributed by atoms with van der Waals surface area (Å²) in [7, 11) is 0. The summed E-state index contributed by atoms with van der Waals surface area (Å²) in [5.74, 6) is 0. The molecule has 0 aliphatic carbocycles. The minimum Gasteiger partial charge on any atom is -0.392 e. The molecular formula is C10H11N3O4. The Kier molecular flexibility index (Phi) is 2.83. The minimum atomic E-state index is -1.25.